The average molecular weight is 296 g/mol. The molecule has 0 heterocycles. The van der Waals surface area contributed by atoms with Crippen LogP contribution in [0.4, 0.5) is 14.5 Å². The van der Waals surface area contributed by atoms with E-state index in [0.29, 0.717) is 36.7 Å². The van der Waals surface area contributed by atoms with Crippen LogP contribution in [0.2, 0.25) is 0 Å². The Kier molecular flexibility index (Phi) is 5.20. The molecule has 2 rings (SSSR count). The number of nitrogens with zero attached hydrogens (tertiary/aromatic N) is 1. The first-order chi connectivity index (χ1) is 9.88. The molecule has 1 fully saturated rings. The lowest BCUT2D eigenvalue weighted by atomic mass is 10.1. The molecular weight excluding hydrogens is 270 g/mol. The number of rotatable bonds is 7. The minimum atomic E-state index is -0.442. The van der Waals surface area contributed by atoms with Gasteiger partial charge in [0.25, 0.3) is 0 Å². The molecule has 0 spiro atoms. The molecule has 21 heavy (non-hydrogen) atoms. The Labute approximate surface area is 126 Å². The van der Waals surface area contributed by atoms with E-state index >= 15 is 0 Å². The molecule has 0 bridgehead atoms. The summed E-state index contributed by atoms with van der Waals surface area (Å²) in [5.41, 5.74) is 0.808. The summed E-state index contributed by atoms with van der Waals surface area (Å²) in [4.78, 5) is 1.91. The Bertz CT molecular complexity index is 459. The third-order valence-corrected chi connectivity index (χ3v) is 3.63. The fourth-order valence-electron chi connectivity index (χ4n) is 2.52. The summed E-state index contributed by atoms with van der Waals surface area (Å²) in [5, 5.41) is 3.19. The molecule has 0 atom stereocenters. The van der Waals surface area contributed by atoms with Crippen molar-refractivity contribution in [2.45, 2.75) is 59.2 Å². The largest absolute Gasteiger partial charge is 0.364 e. The second-order valence-corrected chi connectivity index (χ2v) is 6.72. The van der Waals surface area contributed by atoms with E-state index in [-0.39, 0.29) is 5.69 Å². The molecule has 0 radical (unpaired) electrons. The summed E-state index contributed by atoms with van der Waals surface area (Å²) in [5.74, 6) is -0.502. The molecule has 2 nitrogen and oxygen atoms in total. The molecule has 1 aromatic carbocycles. The smallest absolute Gasteiger partial charge is 0.149 e. The van der Waals surface area contributed by atoms with Crippen LogP contribution in [0.3, 0.4) is 0 Å². The van der Waals surface area contributed by atoms with Crippen molar-refractivity contribution in [2.75, 3.05) is 11.4 Å². The van der Waals surface area contributed by atoms with Crippen LogP contribution < -0.4 is 10.2 Å². The van der Waals surface area contributed by atoms with Crippen molar-refractivity contribution in [3.63, 3.8) is 0 Å². The Morgan fingerprint density at radius 2 is 1.71 bits per heavy atom. The number of nitrogens with one attached hydrogen (secondary N) is 1. The van der Waals surface area contributed by atoms with Crippen LogP contribution in [0.5, 0.6) is 0 Å². The van der Waals surface area contributed by atoms with Gasteiger partial charge in [0, 0.05) is 25.2 Å². The number of benzene rings is 1. The van der Waals surface area contributed by atoms with Gasteiger partial charge in [0.1, 0.15) is 17.3 Å². The summed E-state index contributed by atoms with van der Waals surface area (Å²) in [6, 6.07) is 3.52. The number of anilines is 1. The predicted octanol–water partition coefficient (Wildman–Crippen LogP) is 4.09. The maximum Gasteiger partial charge on any atom is 0.149 e. The molecule has 118 valence electrons. The van der Waals surface area contributed by atoms with Gasteiger partial charge in [-0.05, 0) is 36.5 Å². The monoisotopic (exact) mass is 296 g/mol. The summed E-state index contributed by atoms with van der Waals surface area (Å²) >= 11 is 0. The Hall–Kier alpha value is -1.16. The van der Waals surface area contributed by atoms with Gasteiger partial charge in [-0.25, -0.2) is 8.78 Å². The molecule has 4 heteroatoms. The quantitative estimate of drug-likeness (QED) is 0.815. The summed E-state index contributed by atoms with van der Waals surface area (Å²) < 4.78 is 28.8. The van der Waals surface area contributed by atoms with Crippen molar-refractivity contribution >= 4 is 5.69 Å². The van der Waals surface area contributed by atoms with Crippen molar-refractivity contribution in [3.05, 3.63) is 29.3 Å². The van der Waals surface area contributed by atoms with E-state index in [1.807, 2.05) is 18.7 Å². The average Bonchev–Trinajstić information content (AvgIpc) is 3.18. The maximum atomic E-state index is 14.4. The highest BCUT2D eigenvalue weighted by molar-refractivity contribution is 5.52. The highest BCUT2D eigenvalue weighted by Crippen LogP contribution is 2.35. The first kappa shape index (κ1) is 16.2. The van der Waals surface area contributed by atoms with Crippen molar-refractivity contribution in [3.8, 4) is 0 Å². The highest BCUT2D eigenvalue weighted by atomic mass is 19.1. The minimum Gasteiger partial charge on any atom is -0.364 e. The van der Waals surface area contributed by atoms with Crippen LogP contribution in [-0.2, 0) is 6.54 Å². The lowest BCUT2D eigenvalue weighted by molar-refractivity contribution is 0.536. The first-order valence-corrected chi connectivity index (χ1v) is 7.86. The molecule has 1 aromatic rings. The second-order valence-electron chi connectivity index (χ2n) is 6.72. The van der Waals surface area contributed by atoms with Crippen LogP contribution in [0, 0.1) is 17.6 Å². The minimum absolute atomic E-state index is 0.152. The summed E-state index contributed by atoms with van der Waals surface area (Å²) in [6.07, 6.45) is 2.06. The third-order valence-electron chi connectivity index (χ3n) is 3.63. The van der Waals surface area contributed by atoms with E-state index in [2.05, 4.69) is 19.2 Å². The normalized spacial score (nSPS) is 15.0. The topological polar surface area (TPSA) is 15.3 Å². The fraction of sp³-hybridized carbons (Fsp3) is 0.647. The zero-order chi connectivity index (χ0) is 15.6. The van der Waals surface area contributed by atoms with Crippen molar-refractivity contribution in [1.29, 1.82) is 0 Å². The summed E-state index contributed by atoms with van der Waals surface area (Å²) in [7, 11) is 0. The molecule has 1 saturated carbocycles. The molecule has 0 aromatic heterocycles. The molecule has 0 saturated heterocycles. The van der Waals surface area contributed by atoms with Gasteiger partial charge < -0.3 is 10.2 Å². The van der Waals surface area contributed by atoms with Gasteiger partial charge in [0.05, 0.1) is 0 Å². The standard InChI is InChI=1S/C17H26F2N2/c1-11(2)10-21(14-5-6-14)17-15(18)7-13(8-16(17)19)9-20-12(3)4/h7-8,11-12,14,20H,5-6,9-10H2,1-4H3. The number of hydrogen-bond acceptors (Lipinski definition) is 2. The van der Waals surface area contributed by atoms with Crippen molar-refractivity contribution < 1.29 is 8.78 Å². The van der Waals surface area contributed by atoms with Gasteiger partial charge in [0.2, 0.25) is 0 Å². The van der Waals surface area contributed by atoms with Crippen LogP contribution in [0.1, 0.15) is 46.1 Å². The van der Waals surface area contributed by atoms with Crippen LogP contribution >= 0.6 is 0 Å². The van der Waals surface area contributed by atoms with Gasteiger partial charge in [0.15, 0.2) is 0 Å². The molecule has 0 aliphatic heterocycles. The van der Waals surface area contributed by atoms with Gasteiger partial charge in [-0.1, -0.05) is 27.7 Å². The molecule has 1 aliphatic carbocycles. The third kappa shape index (κ3) is 4.40. The Balaban J connectivity index is 2.22. The number of halogens is 2. The lowest BCUT2D eigenvalue weighted by Crippen LogP contribution is -2.31. The SMILES string of the molecule is CC(C)CN(c1c(F)cc(CNC(C)C)cc1F)C1CC1. The second kappa shape index (κ2) is 6.73. The Morgan fingerprint density at radius 1 is 1.14 bits per heavy atom. The first-order valence-electron chi connectivity index (χ1n) is 7.86. The number of hydrogen-bond donors (Lipinski definition) is 1. The van der Waals surface area contributed by atoms with E-state index in [1.54, 1.807) is 0 Å². The van der Waals surface area contributed by atoms with E-state index in [1.165, 1.54) is 12.1 Å². The Morgan fingerprint density at radius 3 is 2.14 bits per heavy atom. The van der Waals surface area contributed by atoms with E-state index in [0.717, 1.165) is 12.8 Å². The van der Waals surface area contributed by atoms with E-state index < -0.39 is 11.6 Å². The predicted molar refractivity (Wildman–Crippen MR) is 83.5 cm³/mol. The zero-order valence-corrected chi connectivity index (χ0v) is 13.4. The fourth-order valence-corrected chi connectivity index (χ4v) is 2.52. The van der Waals surface area contributed by atoms with Gasteiger partial charge in [-0.2, -0.15) is 0 Å². The van der Waals surface area contributed by atoms with Gasteiger partial charge in [-0.15, -0.1) is 0 Å². The molecule has 1 N–H and O–H groups in total. The summed E-state index contributed by atoms with van der Waals surface area (Å²) in [6.45, 7) is 9.36. The zero-order valence-electron chi connectivity index (χ0n) is 13.4. The maximum absolute atomic E-state index is 14.4. The van der Waals surface area contributed by atoms with E-state index in [4.69, 9.17) is 0 Å². The molecule has 0 unspecified atom stereocenters. The van der Waals surface area contributed by atoms with Crippen LogP contribution in [0.15, 0.2) is 12.1 Å². The van der Waals surface area contributed by atoms with Gasteiger partial charge in [-0.3, -0.25) is 0 Å². The molecule has 0 amide bonds. The van der Waals surface area contributed by atoms with Crippen LogP contribution in [-0.4, -0.2) is 18.6 Å². The molecule has 1 aliphatic rings. The molecular formula is C17H26F2N2. The van der Waals surface area contributed by atoms with Crippen LogP contribution in [0.25, 0.3) is 0 Å². The van der Waals surface area contributed by atoms with Crippen molar-refractivity contribution in [2.24, 2.45) is 5.92 Å². The van der Waals surface area contributed by atoms with E-state index in [9.17, 15) is 8.78 Å². The lowest BCUT2D eigenvalue weighted by Gasteiger charge is -2.27. The van der Waals surface area contributed by atoms with Crippen molar-refractivity contribution in [1.82, 2.24) is 5.32 Å². The van der Waals surface area contributed by atoms with Gasteiger partial charge >= 0.3 is 0 Å². The highest BCUT2D eigenvalue weighted by Gasteiger charge is 2.33.